The van der Waals surface area contributed by atoms with Crippen LogP contribution >= 0.6 is 0 Å². The molecule has 2 N–H and O–H groups in total. The highest BCUT2D eigenvalue weighted by atomic mass is 19.4. The fourth-order valence-corrected chi connectivity index (χ4v) is 1.72. The van der Waals surface area contributed by atoms with Crippen LogP contribution in [0.5, 0.6) is 0 Å². The minimum Gasteiger partial charge on any atom is -0.318 e. The summed E-state index contributed by atoms with van der Waals surface area (Å²) in [6.07, 6.45) is -4.63. The Morgan fingerprint density at radius 3 is 2.56 bits per heavy atom. The molecule has 1 atom stereocenters. The third-order valence-electron chi connectivity index (χ3n) is 2.70. The van der Waals surface area contributed by atoms with Crippen LogP contribution in [0.25, 0.3) is 0 Å². The zero-order valence-electron chi connectivity index (χ0n) is 9.03. The number of nitrogens with zero attached hydrogens (tertiary/aromatic N) is 2. The molecule has 1 aromatic carbocycles. The van der Waals surface area contributed by atoms with E-state index in [1.54, 1.807) is 0 Å². The van der Waals surface area contributed by atoms with Gasteiger partial charge < -0.3 is 10.6 Å². The van der Waals surface area contributed by atoms with Crippen molar-refractivity contribution < 1.29 is 18.0 Å². The van der Waals surface area contributed by atoms with E-state index in [0.29, 0.717) is 0 Å². The summed E-state index contributed by atoms with van der Waals surface area (Å²) in [5, 5.41) is 8.63. The van der Waals surface area contributed by atoms with E-state index in [-0.39, 0.29) is 12.2 Å². The number of alkyl halides is 3. The van der Waals surface area contributed by atoms with Gasteiger partial charge in [-0.05, 0) is 18.2 Å². The average molecular weight is 255 g/mol. The van der Waals surface area contributed by atoms with E-state index in [9.17, 15) is 18.0 Å². The van der Waals surface area contributed by atoms with Crippen molar-refractivity contribution in [1.29, 1.82) is 5.26 Å². The minimum absolute atomic E-state index is 0.105. The standard InChI is InChI=1S/C11H8F3N3O/c12-11(13,14)8-3-7(2-1-6(8)4-15)17-5-9(16)10(17)18/h1-3,9H,5,16H2. The zero-order valence-corrected chi connectivity index (χ0v) is 9.03. The molecule has 1 heterocycles. The number of carbonyl (C=O) groups is 1. The first-order valence-electron chi connectivity index (χ1n) is 5.03. The quantitative estimate of drug-likeness (QED) is 0.768. The van der Waals surface area contributed by atoms with E-state index >= 15 is 0 Å². The van der Waals surface area contributed by atoms with Crippen molar-refractivity contribution in [2.45, 2.75) is 12.2 Å². The molecule has 1 aliphatic rings. The summed E-state index contributed by atoms with van der Waals surface area (Å²) in [6.45, 7) is 0.183. The molecule has 1 fully saturated rings. The number of hydrogen-bond acceptors (Lipinski definition) is 3. The summed E-state index contributed by atoms with van der Waals surface area (Å²) in [5.74, 6) is -0.423. The van der Waals surface area contributed by atoms with Gasteiger partial charge in [-0.15, -0.1) is 0 Å². The molecule has 0 spiro atoms. The van der Waals surface area contributed by atoms with Gasteiger partial charge in [-0.2, -0.15) is 18.4 Å². The highest BCUT2D eigenvalue weighted by molar-refractivity contribution is 6.03. The molecule has 0 bridgehead atoms. The molecule has 2 rings (SSSR count). The Morgan fingerprint density at radius 1 is 1.44 bits per heavy atom. The van der Waals surface area contributed by atoms with Gasteiger partial charge in [0.25, 0.3) is 0 Å². The van der Waals surface area contributed by atoms with Crippen molar-refractivity contribution in [3.05, 3.63) is 29.3 Å². The molecule has 1 unspecified atom stereocenters. The largest absolute Gasteiger partial charge is 0.417 e. The lowest BCUT2D eigenvalue weighted by molar-refractivity contribution is -0.137. The van der Waals surface area contributed by atoms with Crippen LogP contribution in [-0.4, -0.2) is 18.5 Å². The van der Waals surface area contributed by atoms with Gasteiger partial charge in [0.15, 0.2) is 0 Å². The second kappa shape index (κ2) is 3.99. The number of nitriles is 1. The van der Waals surface area contributed by atoms with E-state index in [1.165, 1.54) is 12.1 Å². The van der Waals surface area contributed by atoms with Gasteiger partial charge in [-0.25, -0.2) is 0 Å². The molecule has 1 aliphatic heterocycles. The predicted molar refractivity (Wildman–Crippen MR) is 56.5 cm³/mol. The highest BCUT2D eigenvalue weighted by Crippen LogP contribution is 2.35. The Morgan fingerprint density at radius 2 is 2.11 bits per heavy atom. The van der Waals surface area contributed by atoms with Crippen LogP contribution in [0.2, 0.25) is 0 Å². The molecule has 94 valence electrons. The fourth-order valence-electron chi connectivity index (χ4n) is 1.72. The molecule has 0 aromatic heterocycles. The van der Waals surface area contributed by atoms with Crippen LogP contribution in [0.4, 0.5) is 18.9 Å². The number of rotatable bonds is 1. The topological polar surface area (TPSA) is 70.1 Å². The lowest BCUT2D eigenvalue weighted by atomic mass is 10.0. The van der Waals surface area contributed by atoms with Crippen molar-refractivity contribution in [3.63, 3.8) is 0 Å². The molecule has 0 radical (unpaired) electrons. The first-order valence-corrected chi connectivity index (χ1v) is 5.03. The lowest BCUT2D eigenvalue weighted by Gasteiger charge is -2.36. The maximum absolute atomic E-state index is 12.7. The van der Waals surface area contributed by atoms with Gasteiger partial charge in [-0.3, -0.25) is 4.79 Å². The van der Waals surface area contributed by atoms with Crippen LogP contribution in [0.1, 0.15) is 11.1 Å². The normalized spacial score (nSPS) is 19.4. The summed E-state index contributed by atoms with van der Waals surface area (Å²) in [5.41, 5.74) is 3.95. The molecule has 0 saturated carbocycles. The number of benzene rings is 1. The Kier molecular flexibility index (Phi) is 2.75. The second-order valence-corrected chi connectivity index (χ2v) is 3.89. The smallest absolute Gasteiger partial charge is 0.318 e. The SMILES string of the molecule is N#Cc1ccc(N2CC(N)C2=O)cc1C(F)(F)F. The Bertz CT molecular complexity index is 547. The average Bonchev–Trinajstić information content (AvgIpc) is 2.33. The molecule has 1 aromatic rings. The van der Waals surface area contributed by atoms with Gasteiger partial charge in [0.2, 0.25) is 5.91 Å². The van der Waals surface area contributed by atoms with Crippen molar-refractivity contribution >= 4 is 11.6 Å². The molecule has 18 heavy (non-hydrogen) atoms. The maximum atomic E-state index is 12.7. The number of nitrogens with two attached hydrogens (primary N) is 1. The summed E-state index contributed by atoms with van der Waals surface area (Å²) in [4.78, 5) is 12.5. The van der Waals surface area contributed by atoms with Crippen LogP contribution < -0.4 is 10.6 Å². The van der Waals surface area contributed by atoms with Crippen LogP contribution in [0.15, 0.2) is 18.2 Å². The first-order chi connectivity index (χ1) is 8.34. The van der Waals surface area contributed by atoms with Gasteiger partial charge >= 0.3 is 6.18 Å². The Labute approximate surface area is 100 Å². The number of anilines is 1. The predicted octanol–water partition coefficient (Wildman–Crippen LogP) is 1.25. The Hall–Kier alpha value is -2.07. The monoisotopic (exact) mass is 255 g/mol. The van der Waals surface area contributed by atoms with Gasteiger partial charge in [0, 0.05) is 5.69 Å². The molecular weight excluding hydrogens is 247 g/mol. The van der Waals surface area contributed by atoms with Crippen LogP contribution in [0, 0.1) is 11.3 Å². The van der Waals surface area contributed by atoms with Gasteiger partial charge in [0.05, 0.1) is 23.7 Å². The summed E-state index contributed by atoms with van der Waals surface area (Å²) >= 11 is 0. The fraction of sp³-hybridized carbons (Fsp3) is 0.273. The molecular formula is C11H8F3N3O. The third kappa shape index (κ3) is 1.91. The Balaban J connectivity index is 2.42. The molecule has 1 saturated heterocycles. The number of amides is 1. The maximum Gasteiger partial charge on any atom is 0.417 e. The molecule has 4 nitrogen and oxygen atoms in total. The van der Waals surface area contributed by atoms with Gasteiger partial charge in [0.1, 0.15) is 6.04 Å². The first kappa shape index (κ1) is 12.4. The highest BCUT2D eigenvalue weighted by Gasteiger charge is 2.38. The zero-order chi connectivity index (χ0) is 13.5. The molecule has 0 aliphatic carbocycles. The van der Waals surface area contributed by atoms with Gasteiger partial charge in [-0.1, -0.05) is 0 Å². The lowest BCUT2D eigenvalue weighted by Crippen LogP contribution is -2.61. The minimum atomic E-state index is -4.63. The number of carbonyl (C=O) groups excluding carboxylic acids is 1. The van der Waals surface area contributed by atoms with E-state index in [1.807, 2.05) is 0 Å². The number of hydrogen-bond donors (Lipinski definition) is 1. The van der Waals surface area contributed by atoms with E-state index in [2.05, 4.69) is 0 Å². The van der Waals surface area contributed by atoms with Crippen LogP contribution in [0.3, 0.4) is 0 Å². The van der Waals surface area contributed by atoms with E-state index in [4.69, 9.17) is 11.0 Å². The number of halogens is 3. The van der Waals surface area contributed by atoms with Crippen molar-refractivity contribution in [3.8, 4) is 6.07 Å². The molecule has 1 amide bonds. The van der Waals surface area contributed by atoms with Crippen molar-refractivity contribution in [2.24, 2.45) is 5.73 Å². The summed E-state index contributed by atoms with van der Waals surface area (Å²) in [6, 6.07) is 3.97. The second-order valence-electron chi connectivity index (χ2n) is 3.89. The van der Waals surface area contributed by atoms with Crippen molar-refractivity contribution in [2.75, 3.05) is 11.4 Å². The van der Waals surface area contributed by atoms with Crippen LogP contribution in [-0.2, 0) is 11.0 Å². The number of β-lactam (4-membered cyclic amide) rings is 1. The molecule has 7 heteroatoms. The van der Waals surface area contributed by atoms with Crippen molar-refractivity contribution in [1.82, 2.24) is 0 Å². The van der Waals surface area contributed by atoms with E-state index in [0.717, 1.165) is 17.0 Å². The summed E-state index contributed by atoms with van der Waals surface area (Å²) in [7, 11) is 0. The third-order valence-corrected chi connectivity index (χ3v) is 2.70. The van der Waals surface area contributed by atoms with E-state index < -0.39 is 29.3 Å². The summed E-state index contributed by atoms with van der Waals surface area (Å²) < 4.78 is 38.1.